The van der Waals surface area contributed by atoms with E-state index in [4.69, 9.17) is 0 Å². The molecule has 3 nitrogen and oxygen atoms in total. The number of rotatable bonds is 3. The lowest BCUT2D eigenvalue weighted by Crippen LogP contribution is -2.46. The van der Waals surface area contributed by atoms with Gasteiger partial charge in [0.25, 0.3) is 0 Å². The molecule has 0 radical (unpaired) electrons. The van der Waals surface area contributed by atoms with Gasteiger partial charge in [0, 0.05) is 13.1 Å². The van der Waals surface area contributed by atoms with Gasteiger partial charge < -0.3 is 10.2 Å². The molecule has 1 aromatic carbocycles. The normalized spacial score (nSPS) is 18.7. The second-order valence-corrected chi connectivity index (χ2v) is 5.02. The number of carbonyl (C=O) groups excluding carboxylic acids is 1. The van der Waals surface area contributed by atoms with Crippen LogP contribution in [0.25, 0.3) is 0 Å². The number of nitrogens with zero attached hydrogens (tertiary/aromatic N) is 1. The molecule has 1 aromatic rings. The summed E-state index contributed by atoms with van der Waals surface area (Å²) in [6, 6.07) is 10.6. The van der Waals surface area contributed by atoms with Gasteiger partial charge in [0.15, 0.2) is 0 Å². The summed E-state index contributed by atoms with van der Waals surface area (Å²) < 4.78 is 0. The Morgan fingerprint density at radius 2 is 1.89 bits per heavy atom. The largest absolute Gasteiger partial charge is 0.341 e. The van der Waals surface area contributed by atoms with Crippen molar-refractivity contribution in [3.8, 4) is 0 Å². The fourth-order valence-corrected chi connectivity index (χ4v) is 2.56. The fraction of sp³-hybridized carbons (Fsp3) is 0.533. The average Bonchev–Trinajstić information content (AvgIpc) is 2.47. The highest BCUT2D eigenvalue weighted by molar-refractivity contribution is 5.81. The standard InChI is InChI=1S/C15H22N2O/c1-12(16-2)15(18)17-10-8-14(9-11-17)13-6-4-3-5-7-13/h3-7,12,14,16H,8-11H2,1-2H3. The summed E-state index contributed by atoms with van der Waals surface area (Å²) in [5, 5.41) is 3.01. The minimum Gasteiger partial charge on any atom is -0.341 e. The second kappa shape index (κ2) is 6.01. The van der Waals surface area contributed by atoms with Gasteiger partial charge in [-0.3, -0.25) is 4.79 Å². The summed E-state index contributed by atoms with van der Waals surface area (Å²) in [7, 11) is 1.83. The molecule has 0 aliphatic carbocycles. The van der Waals surface area contributed by atoms with E-state index >= 15 is 0 Å². The fourth-order valence-electron chi connectivity index (χ4n) is 2.56. The first kappa shape index (κ1) is 13.1. The summed E-state index contributed by atoms with van der Waals surface area (Å²) in [6.07, 6.45) is 2.15. The van der Waals surface area contributed by atoms with Gasteiger partial charge >= 0.3 is 0 Å². The Morgan fingerprint density at radius 3 is 2.44 bits per heavy atom. The SMILES string of the molecule is CNC(C)C(=O)N1CCC(c2ccccc2)CC1. The van der Waals surface area contributed by atoms with E-state index in [-0.39, 0.29) is 11.9 Å². The van der Waals surface area contributed by atoms with Crippen LogP contribution in [0.4, 0.5) is 0 Å². The highest BCUT2D eigenvalue weighted by Gasteiger charge is 2.25. The van der Waals surface area contributed by atoms with Crippen molar-refractivity contribution >= 4 is 5.91 Å². The third kappa shape index (κ3) is 2.91. The summed E-state index contributed by atoms with van der Waals surface area (Å²) in [5.74, 6) is 0.837. The maximum atomic E-state index is 12.0. The average molecular weight is 246 g/mol. The molecule has 18 heavy (non-hydrogen) atoms. The van der Waals surface area contributed by atoms with Crippen LogP contribution in [0.1, 0.15) is 31.2 Å². The first-order valence-corrected chi connectivity index (χ1v) is 6.73. The molecule has 3 heteroatoms. The molecule has 1 unspecified atom stereocenters. The van der Waals surface area contributed by atoms with E-state index in [0.29, 0.717) is 5.92 Å². The summed E-state index contributed by atoms with van der Waals surface area (Å²) >= 11 is 0. The number of nitrogens with one attached hydrogen (secondary N) is 1. The predicted octanol–water partition coefficient (Wildman–Crippen LogP) is 2.00. The Balaban J connectivity index is 1.90. The van der Waals surface area contributed by atoms with E-state index < -0.39 is 0 Å². The van der Waals surface area contributed by atoms with Crippen molar-refractivity contribution in [2.24, 2.45) is 0 Å². The van der Waals surface area contributed by atoms with Crippen LogP contribution in [0.15, 0.2) is 30.3 Å². The second-order valence-electron chi connectivity index (χ2n) is 5.02. The Kier molecular flexibility index (Phi) is 4.37. The maximum absolute atomic E-state index is 12.0. The van der Waals surface area contributed by atoms with Crippen molar-refractivity contribution in [2.75, 3.05) is 20.1 Å². The first-order valence-electron chi connectivity index (χ1n) is 6.73. The molecule has 1 atom stereocenters. The van der Waals surface area contributed by atoms with E-state index in [0.717, 1.165) is 25.9 Å². The molecule has 1 saturated heterocycles. The molecule has 0 aromatic heterocycles. The molecule has 2 rings (SSSR count). The number of amides is 1. The lowest BCUT2D eigenvalue weighted by Gasteiger charge is -2.33. The van der Waals surface area contributed by atoms with Crippen molar-refractivity contribution in [3.63, 3.8) is 0 Å². The highest BCUT2D eigenvalue weighted by Crippen LogP contribution is 2.27. The van der Waals surface area contributed by atoms with Gasteiger partial charge in [0.05, 0.1) is 6.04 Å². The van der Waals surface area contributed by atoms with Crippen LogP contribution in [0.2, 0.25) is 0 Å². The van der Waals surface area contributed by atoms with Gasteiger partial charge in [-0.2, -0.15) is 0 Å². The van der Waals surface area contributed by atoms with Crippen molar-refractivity contribution in [1.82, 2.24) is 10.2 Å². The van der Waals surface area contributed by atoms with Gasteiger partial charge in [-0.15, -0.1) is 0 Å². The molecular formula is C15H22N2O. The Morgan fingerprint density at radius 1 is 1.28 bits per heavy atom. The lowest BCUT2D eigenvalue weighted by atomic mass is 9.89. The van der Waals surface area contributed by atoms with Gasteiger partial charge in [-0.1, -0.05) is 30.3 Å². The van der Waals surface area contributed by atoms with Crippen LogP contribution in [0, 0.1) is 0 Å². The molecule has 1 amide bonds. The van der Waals surface area contributed by atoms with Gasteiger partial charge in [-0.25, -0.2) is 0 Å². The van der Waals surface area contributed by atoms with E-state index in [1.54, 1.807) is 0 Å². The maximum Gasteiger partial charge on any atom is 0.239 e. The number of likely N-dealkylation sites (N-methyl/N-ethyl adjacent to an activating group) is 1. The molecule has 1 aliphatic heterocycles. The van der Waals surface area contributed by atoms with Crippen LogP contribution < -0.4 is 5.32 Å². The van der Waals surface area contributed by atoms with Crippen molar-refractivity contribution in [1.29, 1.82) is 0 Å². The number of carbonyl (C=O) groups is 1. The molecule has 1 N–H and O–H groups in total. The van der Waals surface area contributed by atoms with E-state index in [1.807, 2.05) is 18.9 Å². The molecule has 0 spiro atoms. The number of hydrogen-bond acceptors (Lipinski definition) is 2. The topological polar surface area (TPSA) is 32.3 Å². The van der Waals surface area contributed by atoms with E-state index in [2.05, 4.69) is 35.6 Å². The third-order valence-corrected chi connectivity index (χ3v) is 3.88. The Bertz CT molecular complexity index is 383. The summed E-state index contributed by atoms with van der Waals surface area (Å²) in [4.78, 5) is 14.0. The van der Waals surface area contributed by atoms with Crippen LogP contribution in [-0.2, 0) is 4.79 Å². The van der Waals surface area contributed by atoms with Crippen LogP contribution in [0.3, 0.4) is 0 Å². The minimum absolute atomic E-state index is 0.0710. The number of likely N-dealkylation sites (tertiary alicyclic amines) is 1. The first-order chi connectivity index (χ1) is 8.72. The number of benzene rings is 1. The van der Waals surface area contributed by atoms with E-state index in [9.17, 15) is 4.79 Å². The molecule has 1 aliphatic rings. The van der Waals surface area contributed by atoms with Gasteiger partial charge in [0.2, 0.25) is 5.91 Å². The smallest absolute Gasteiger partial charge is 0.239 e. The number of piperidine rings is 1. The van der Waals surface area contributed by atoms with Crippen molar-refractivity contribution < 1.29 is 4.79 Å². The molecular weight excluding hydrogens is 224 g/mol. The molecule has 0 bridgehead atoms. The predicted molar refractivity (Wildman–Crippen MR) is 73.5 cm³/mol. The summed E-state index contributed by atoms with van der Waals surface area (Å²) in [6.45, 7) is 3.68. The van der Waals surface area contributed by atoms with E-state index in [1.165, 1.54) is 5.56 Å². The van der Waals surface area contributed by atoms with Crippen molar-refractivity contribution in [2.45, 2.75) is 31.7 Å². The molecule has 1 heterocycles. The van der Waals surface area contributed by atoms with Gasteiger partial charge in [-0.05, 0) is 38.3 Å². The quantitative estimate of drug-likeness (QED) is 0.884. The van der Waals surface area contributed by atoms with Crippen LogP contribution in [0.5, 0.6) is 0 Å². The molecule has 0 saturated carbocycles. The van der Waals surface area contributed by atoms with Crippen LogP contribution in [-0.4, -0.2) is 37.0 Å². The highest BCUT2D eigenvalue weighted by atomic mass is 16.2. The summed E-state index contributed by atoms with van der Waals surface area (Å²) in [5.41, 5.74) is 1.41. The minimum atomic E-state index is -0.0710. The lowest BCUT2D eigenvalue weighted by molar-refractivity contribution is -0.133. The monoisotopic (exact) mass is 246 g/mol. The van der Waals surface area contributed by atoms with Crippen LogP contribution >= 0.6 is 0 Å². The molecule has 98 valence electrons. The zero-order valence-corrected chi connectivity index (χ0v) is 11.2. The molecule has 1 fully saturated rings. The number of hydrogen-bond donors (Lipinski definition) is 1. The van der Waals surface area contributed by atoms with Crippen molar-refractivity contribution in [3.05, 3.63) is 35.9 Å². The zero-order chi connectivity index (χ0) is 13.0. The van der Waals surface area contributed by atoms with Gasteiger partial charge in [0.1, 0.15) is 0 Å². The zero-order valence-electron chi connectivity index (χ0n) is 11.2. The Labute approximate surface area is 109 Å². The Hall–Kier alpha value is -1.35. The third-order valence-electron chi connectivity index (χ3n) is 3.88.